The third-order valence-electron chi connectivity index (χ3n) is 14.4. The number of rotatable bonds is 9. The lowest BCUT2D eigenvalue weighted by Gasteiger charge is -2.13. The third-order valence-corrected chi connectivity index (χ3v) is 14.4. The van der Waals surface area contributed by atoms with Gasteiger partial charge in [0.05, 0.1) is 33.8 Å². The molecule has 4 heterocycles. The van der Waals surface area contributed by atoms with E-state index in [0.717, 1.165) is 133 Å². The maximum Gasteiger partial charge on any atom is 0.160 e. The molecule has 14 rings (SSSR count). The van der Waals surface area contributed by atoms with E-state index in [-0.39, 0.29) is 0 Å². The van der Waals surface area contributed by atoms with Gasteiger partial charge in [-0.1, -0.05) is 218 Å². The molecule has 0 atom stereocenters. The molecule has 0 fully saturated rings. The van der Waals surface area contributed by atoms with Gasteiger partial charge in [-0.05, 0) is 80.2 Å². The quantitative estimate of drug-likeness (QED) is 0.143. The number of aromatic nitrogens is 6. The van der Waals surface area contributed by atoms with E-state index in [4.69, 9.17) is 29.9 Å². The molecule has 14 aromatic rings. The summed E-state index contributed by atoms with van der Waals surface area (Å²) in [6.07, 6.45) is 3.89. The van der Waals surface area contributed by atoms with Gasteiger partial charge in [0, 0.05) is 67.7 Å². The van der Waals surface area contributed by atoms with Crippen molar-refractivity contribution in [3.05, 3.63) is 267 Å². The number of benzene rings is 10. The molecule has 0 spiro atoms. The van der Waals surface area contributed by atoms with Crippen LogP contribution in [0.4, 0.5) is 0 Å². The SMILES string of the molecule is c1ccc2ncc(-c3ccc(-c4cc(-c5cccc6ccccc56)nc(-c5ccc(-c6ccc(-c7nc(-c8ccc(-c9cnc%10ccccc%10c9)cc8)cc(-c8cccc9ccccc89)n7)cc6)cc5)n4)cc3)cc2c1. The Labute approximate surface area is 439 Å². The second-order valence-corrected chi connectivity index (χ2v) is 19.1. The van der Waals surface area contributed by atoms with Gasteiger partial charge >= 0.3 is 0 Å². The van der Waals surface area contributed by atoms with E-state index in [9.17, 15) is 0 Å². The molecule has 0 aliphatic carbocycles. The summed E-state index contributed by atoms with van der Waals surface area (Å²) in [4.78, 5) is 30.4. The Hall–Kier alpha value is -10.3. The highest BCUT2D eigenvalue weighted by Crippen LogP contribution is 2.37. The molecule has 0 amide bonds. The molecule has 6 heteroatoms. The molecule has 0 aliphatic heterocycles. The Morgan fingerprint density at radius 3 is 0.947 bits per heavy atom. The van der Waals surface area contributed by atoms with Crippen molar-refractivity contribution in [3.63, 3.8) is 0 Å². The predicted molar refractivity (Wildman–Crippen MR) is 312 cm³/mol. The summed E-state index contributed by atoms with van der Waals surface area (Å²) in [5, 5.41) is 6.84. The van der Waals surface area contributed by atoms with E-state index in [1.54, 1.807) is 0 Å². The molecular formula is C70H44N6. The molecule has 0 saturated carbocycles. The second-order valence-electron chi connectivity index (χ2n) is 19.1. The monoisotopic (exact) mass is 968 g/mol. The van der Waals surface area contributed by atoms with Gasteiger partial charge in [-0.3, -0.25) is 9.97 Å². The first kappa shape index (κ1) is 44.4. The van der Waals surface area contributed by atoms with Gasteiger partial charge < -0.3 is 0 Å². The minimum absolute atomic E-state index is 0.657. The van der Waals surface area contributed by atoms with E-state index in [2.05, 4.69) is 218 Å². The maximum absolute atomic E-state index is 5.26. The summed E-state index contributed by atoms with van der Waals surface area (Å²) < 4.78 is 0. The number of hydrogen-bond donors (Lipinski definition) is 0. The minimum Gasteiger partial charge on any atom is -0.256 e. The van der Waals surface area contributed by atoms with Crippen molar-refractivity contribution in [1.29, 1.82) is 0 Å². The van der Waals surface area contributed by atoms with Crippen LogP contribution in [0.3, 0.4) is 0 Å². The van der Waals surface area contributed by atoms with Gasteiger partial charge in [-0.25, -0.2) is 19.9 Å². The lowest BCUT2D eigenvalue weighted by Crippen LogP contribution is -1.97. The average molecular weight is 969 g/mol. The van der Waals surface area contributed by atoms with Crippen LogP contribution in [0.15, 0.2) is 267 Å². The zero-order chi connectivity index (χ0) is 50.4. The topological polar surface area (TPSA) is 77.3 Å². The molecule has 10 aromatic carbocycles. The second kappa shape index (κ2) is 19.0. The van der Waals surface area contributed by atoms with E-state index < -0.39 is 0 Å². The smallest absolute Gasteiger partial charge is 0.160 e. The number of nitrogens with zero attached hydrogens (tertiary/aromatic N) is 6. The van der Waals surface area contributed by atoms with Crippen LogP contribution in [0.25, 0.3) is 145 Å². The maximum atomic E-state index is 5.26. The van der Waals surface area contributed by atoms with Gasteiger partial charge in [0.2, 0.25) is 0 Å². The van der Waals surface area contributed by atoms with E-state index in [1.807, 2.05) is 48.8 Å². The Bertz CT molecular complexity index is 4190. The fraction of sp³-hybridized carbons (Fsp3) is 0. The van der Waals surface area contributed by atoms with Crippen molar-refractivity contribution in [2.75, 3.05) is 0 Å². The molecule has 0 bridgehead atoms. The predicted octanol–water partition coefficient (Wildman–Crippen LogP) is 17.7. The van der Waals surface area contributed by atoms with Gasteiger partial charge in [-0.2, -0.15) is 0 Å². The van der Waals surface area contributed by atoms with Crippen molar-refractivity contribution < 1.29 is 0 Å². The van der Waals surface area contributed by atoms with Crippen molar-refractivity contribution in [1.82, 2.24) is 29.9 Å². The van der Waals surface area contributed by atoms with Crippen LogP contribution < -0.4 is 0 Å². The molecule has 0 N–H and O–H groups in total. The highest BCUT2D eigenvalue weighted by molar-refractivity contribution is 5.98. The molecular weight excluding hydrogens is 925 g/mol. The first-order chi connectivity index (χ1) is 37.6. The molecule has 76 heavy (non-hydrogen) atoms. The lowest BCUT2D eigenvalue weighted by molar-refractivity contribution is 1.18. The normalized spacial score (nSPS) is 11.4. The standard InChI is InChI=1S/C70H44N6/c1-5-17-59-49(11-1)15-9-19-61(59)67-41-65(51-31-23-47(24-32-51)57-39-55-13-3-7-21-63(55)71-43-57)73-69(75-67)53-35-27-45(28-36-53)46-29-37-54(38-30-46)70-74-66(42-68(76-70)62-20-10-16-50-12-2-6-18-60(50)62)52-33-25-48(26-34-52)58-40-56-14-4-8-22-64(56)72-44-58/h1-44H. The summed E-state index contributed by atoms with van der Waals surface area (Å²) >= 11 is 0. The molecule has 354 valence electrons. The summed E-state index contributed by atoms with van der Waals surface area (Å²) in [6, 6.07) is 89.0. The number of fused-ring (bicyclic) bond motifs is 4. The fourth-order valence-corrected chi connectivity index (χ4v) is 10.4. The molecule has 6 nitrogen and oxygen atoms in total. The molecule has 0 saturated heterocycles. The Morgan fingerprint density at radius 2 is 0.526 bits per heavy atom. The van der Waals surface area contributed by atoms with Crippen molar-refractivity contribution >= 4 is 43.4 Å². The summed E-state index contributed by atoms with van der Waals surface area (Å²) in [6.45, 7) is 0. The molecule has 0 radical (unpaired) electrons. The van der Waals surface area contributed by atoms with Crippen molar-refractivity contribution in [3.8, 4) is 101 Å². The van der Waals surface area contributed by atoms with Crippen LogP contribution in [-0.2, 0) is 0 Å². The van der Waals surface area contributed by atoms with E-state index in [0.29, 0.717) is 11.6 Å². The Balaban J connectivity index is 0.792. The van der Waals surface area contributed by atoms with Crippen LogP contribution >= 0.6 is 0 Å². The number of pyridine rings is 2. The van der Waals surface area contributed by atoms with E-state index in [1.165, 1.54) is 0 Å². The zero-order valence-electron chi connectivity index (χ0n) is 41.1. The van der Waals surface area contributed by atoms with Crippen LogP contribution in [-0.4, -0.2) is 29.9 Å². The van der Waals surface area contributed by atoms with Gasteiger partial charge in [0.25, 0.3) is 0 Å². The Kier molecular flexibility index (Phi) is 11.1. The average Bonchev–Trinajstić information content (AvgIpc) is 3.52. The van der Waals surface area contributed by atoms with Gasteiger partial charge in [0.15, 0.2) is 11.6 Å². The minimum atomic E-state index is 0.657. The summed E-state index contributed by atoms with van der Waals surface area (Å²) in [7, 11) is 0. The lowest BCUT2D eigenvalue weighted by atomic mass is 9.98. The van der Waals surface area contributed by atoms with Crippen LogP contribution in [0.1, 0.15) is 0 Å². The first-order valence-corrected chi connectivity index (χ1v) is 25.5. The fourth-order valence-electron chi connectivity index (χ4n) is 10.4. The van der Waals surface area contributed by atoms with Gasteiger partial charge in [-0.15, -0.1) is 0 Å². The van der Waals surface area contributed by atoms with E-state index >= 15 is 0 Å². The van der Waals surface area contributed by atoms with Crippen molar-refractivity contribution in [2.24, 2.45) is 0 Å². The van der Waals surface area contributed by atoms with Crippen LogP contribution in [0.2, 0.25) is 0 Å². The molecule has 4 aromatic heterocycles. The Morgan fingerprint density at radius 1 is 0.211 bits per heavy atom. The summed E-state index contributed by atoms with van der Waals surface area (Å²) in [5.41, 5.74) is 17.9. The van der Waals surface area contributed by atoms with Crippen LogP contribution in [0.5, 0.6) is 0 Å². The summed E-state index contributed by atoms with van der Waals surface area (Å²) in [5.74, 6) is 1.31. The highest BCUT2D eigenvalue weighted by Gasteiger charge is 2.16. The van der Waals surface area contributed by atoms with Crippen LogP contribution in [0, 0.1) is 0 Å². The van der Waals surface area contributed by atoms with Gasteiger partial charge in [0.1, 0.15) is 0 Å². The molecule has 0 aliphatic rings. The van der Waals surface area contributed by atoms with Crippen molar-refractivity contribution in [2.45, 2.75) is 0 Å². The molecule has 0 unspecified atom stereocenters. The number of hydrogen-bond acceptors (Lipinski definition) is 6. The highest BCUT2D eigenvalue weighted by atomic mass is 14.9. The number of para-hydroxylation sites is 2. The third kappa shape index (κ3) is 8.49. The zero-order valence-corrected chi connectivity index (χ0v) is 41.1. The largest absolute Gasteiger partial charge is 0.256 e. The first-order valence-electron chi connectivity index (χ1n) is 25.5.